The molecular weight excluding hydrogens is 372 g/mol. The Morgan fingerprint density at radius 1 is 1.00 bits per heavy atom. The van der Waals surface area contributed by atoms with Crippen molar-refractivity contribution in [3.8, 4) is 0 Å². The minimum Gasteiger partial charge on any atom is -0.342 e. The van der Waals surface area contributed by atoms with Crippen LogP contribution in [0, 0.1) is 11.8 Å². The average Bonchev–Trinajstić information content (AvgIpc) is 3.27. The molecule has 1 fully saturated rings. The third kappa shape index (κ3) is 7.16. The van der Waals surface area contributed by atoms with E-state index < -0.39 is 0 Å². The number of carbonyl (C=O) groups is 2. The fourth-order valence-corrected chi connectivity index (χ4v) is 4.00. The largest absolute Gasteiger partial charge is 0.342 e. The number of hydrogen-bond donors (Lipinski definition) is 0. The standard InChI is InChI=1S/C26H38N2O2/c1-6-20(2)16-22(4)26(30)28(19-24-12-8-7-9-13-24)18-21(3)17-23(5)25(29)27-14-10-11-15-27/h7-9,12-13,16-17,22-23H,6,10-11,14-15,18-19H2,1-5H3/b20-16+,21-17+/t22-,23-/m1/s1. The fraction of sp³-hybridized carbons (Fsp3) is 0.538. The molecule has 1 aromatic carbocycles. The van der Waals surface area contributed by atoms with E-state index >= 15 is 0 Å². The van der Waals surface area contributed by atoms with Gasteiger partial charge in [-0.15, -0.1) is 0 Å². The zero-order valence-electron chi connectivity index (χ0n) is 19.4. The summed E-state index contributed by atoms with van der Waals surface area (Å²) in [5, 5.41) is 0. The summed E-state index contributed by atoms with van der Waals surface area (Å²) in [4.78, 5) is 29.8. The molecule has 0 aliphatic carbocycles. The fourth-order valence-electron chi connectivity index (χ4n) is 4.00. The smallest absolute Gasteiger partial charge is 0.229 e. The van der Waals surface area contributed by atoms with Gasteiger partial charge >= 0.3 is 0 Å². The highest BCUT2D eigenvalue weighted by Gasteiger charge is 2.23. The van der Waals surface area contributed by atoms with Crippen molar-refractivity contribution in [2.75, 3.05) is 19.6 Å². The molecule has 1 aliphatic heterocycles. The minimum atomic E-state index is -0.162. The van der Waals surface area contributed by atoms with Gasteiger partial charge in [0.05, 0.1) is 11.8 Å². The van der Waals surface area contributed by atoms with E-state index in [9.17, 15) is 9.59 Å². The highest BCUT2D eigenvalue weighted by molar-refractivity contribution is 5.81. The molecule has 4 nitrogen and oxygen atoms in total. The summed E-state index contributed by atoms with van der Waals surface area (Å²) in [6.45, 7) is 13.0. The van der Waals surface area contributed by atoms with E-state index in [1.807, 2.05) is 54.8 Å². The summed E-state index contributed by atoms with van der Waals surface area (Å²) in [5.74, 6) is 0.00198. The maximum atomic E-state index is 13.2. The van der Waals surface area contributed by atoms with Gasteiger partial charge in [-0.1, -0.05) is 74.4 Å². The summed E-state index contributed by atoms with van der Waals surface area (Å²) < 4.78 is 0. The van der Waals surface area contributed by atoms with Crippen molar-refractivity contribution in [1.29, 1.82) is 0 Å². The molecule has 2 amide bonds. The van der Waals surface area contributed by atoms with Gasteiger partial charge in [0, 0.05) is 26.2 Å². The summed E-state index contributed by atoms with van der Waals surface area (Å²) in [6, 6.07) is 10.1. The van der Waals surface area contributed by atoms with Gasteiger partial charge < -0.3 is 9.80 Å². The molecule has 164 valence electrons. The van der Waals surface area contributed by atoms with Crippen LogP contribution >= 0.6 is 0 Å². The van der Waals surface area contributed by atoms with E-state index in [1.165, 1.54) is 5.57 Å². The normalized spacial score (nSPS) is 17.0. The zero-order chi connectivity index (χ0) is 22.1. The highest BCUT2D eigenvalue weighted by Crippen LogP contribution is 2.17. The van der Waals surface area contributed by atoms with E-state index in [4.69, 9.17) is 0 Å². The predicted molar refractivity (Wildman–Crippen MR) is 124 cm³/mol. The van der Waals surface area contributed by atoms with Gasteiger partial charge in [-0.3, -0.25) is 9.59 Å². The lowest BCUT2D eigenvalue weighted by Crippen LogP contribution is -2.36. The Bertz CT molecular complexity index is 760. The third-order valence-corrected chi connectivity index (χ3v) is 5.79. The molecular formula is C26H38N2O2. The molecule has 4 heteroatoms. The van der Waals surface area contributed by atoms with Crippen LogP contribution in [0.2, 0.25) is 0 Å². The van der Waals surface area contributed by atoms with Crippen LogP contribution in [0.1, 0.15) is 59.4 Å². The second-order valence-corrected chi connectivity index (χ2v) is 8.67. The number of benzene rings is 1. The van der Waals surface area contributed by atoms with Crippen LogP contribution in [0.3, 0.4) is 0 Å². The van der Waals surface area contributed by atoms with Crippen molar-refractivity contribution in [2.45, 2.75) is 60.4 Å². The molecule has 0 aromatic heterocycles. The Labute approximate surface area is 182 Å². The van der Waals surface area contributed by atoms with Gasteiger partial charge in [0.2, 0.25) is 11.8 Å². The Balaban J connectivity index is 2.14. The number of hydrogen-bond acceptors (Lipinski definition) is 2. The summed E-state index contributed by atoms with van der Waals surface area (Å²) in [6.07, 6.45) is 7.25. The molecule has 0 radical (unpaired) electrons. The van der Waals surface area contributed by atoms with E-state index in [-0.39, 0.29) is 23.7 Å². The van der Waals surface area contributed by atoms with Crippen molar-refractivity contribution in [2.24, 2.45) is 11.8 Å². The molecule has 2 atom stereocenters. The Hall–Kier alpha value is -2.36. The average molecular weight is 411 g/mol. The monoisotopic (exact) mass is 410 g/mol. The first-order valence-electron chi connectivity index (χ1n) is 11.3. The molecule has 30 heavy (non-hydrogen) atoms. The molecule has 0 spiro atoms. The first kappa shape index (κ1) is 23.9. The first-order valence-corrected chi connectivity index (χ1v) is 11.3. The summed E-state index contributed by atoms with van der Waals surface area (Å²) >= 11 is 0. The van der Waals surface area contributed by atoms with Crippen molar-refractivity contribution < 1.29 is 9.59 Å². The number of nitrogens with zero attached hydrogens (tertiary/aromatic N) is 2. The Morgan fingerprint density at radius 2 is 1.60 bits per heavy atom. The number of amides is 2. The van der Waals surface area contributed by atoms with Crippen molar-refractivity contribution >= 4 is 11.8 Å². The number of carbonyl (C=O) groups excluding carboxylic acids is 2. The zero-order valence-corrected chi connectivity index (χ0v) is 19.4. The van der Waals surface area contributed by atoms with Gasteiger partial charge in [0.25, 0.3) is 0 Å². The molecule has 0 unspecified atom stereocenters. The third-order valence-electron chi connectivity index (χ3n) is 5.79. The quantitative estimate of drug-likeness (QED) is 0.524. The predicted octanol–water partition coefficient (Wildman–Crippen LogP) is 5.21. The molecule has 1 heterocycles. The van der Waals surface area contributed by atoms with Crippen LogP contribution in [0.25, 0.3) is 0 Å². The molecule has 2 rings (SSSR count). The number of rotatable bonds is 9. The maximum Gasteiger partial charge on any atom is 0.229 e. The van der Waals surface area contributed by atoms with Gasteiger partial charge in [-0.25, -0.2) is 0 Å². The van der Waals surface area contributed by atoms with Crippen LogP contribution in [0.15, 0.2) is 53.6 Å². The number of likely N-dealkylation sites (tertiary alicyclic amines) is 1. The van der Waals surface area contributed by atoms with Crippen molar-refractivity contribution in [3.63, 3.8) is 0 Å². The second kappa shape index (κ2) is 11.7. The maximum absolute atomic E-state index is 13.2. The molecule has 1 aliphatic rings. The Morgan fingerprint density at radius 3 is 2.20 bits per heavy atom. The highest BCUT2D eigenvalue weighted by atomic mass is 16.2. The van der Waals surface area contributed by atoms with Crippen LogP contribution in [0.5, 0.6) is 0 Å². The lowest BCUT2D eigenvalue weighted by atomic mass is 10.0. The molecule has 0 saturated carbocycles. The van der Waals surface area contributed by atoms with E-state index in [1.54, 1.807) is 0 Å². The van der Waals surface area contributed by atoms with Crippen molar-refractivity contribution in [3.05, 3.63) is 59.2 Å². The van der Waals surface area contributed by atoms with Crippen molar-refractivity contribution in [1.82, 2.24) is 9.80 Å². The Kier molecular flexibility index (Phi) is 9.35. The summed E-state index contributed by atoms with van der Waals surface area (Å²) in [5.41, 5.74) is 3.40. The summed E-state index contributed by atoms with van der Waals surface area (Å²) in [7, 11) is 0. The van der Waals surface area contributed by atoms with Gasteiger partial charge in [0.1, 0.15) is 0 Å². The van der Waals surface area contributed by atoms with E-state index in [0.29, 0.717) is 13.1 Å². The SMILES string of the molecule is CC/C(C)=C/[C@@H](C)C(=O)N(C/C(C)=C/[C@@H](C)C(=O)N1CCCC1)Cc1ccccc1. The van der Waals surface area contributed by atoms with Gasteiger partial charge in [0.15, 0.2) is 0 Å². The molecule has 1 saturated heterocycles. The molecule has 0 bridgehead atoms. The molecule has 0 N–H and O–H groups in total. The topological polar surface area (TPSA) is 40.6 Å². The molecule has 1 aromatic rings. The van der Waals surface area contributed by atoms with Gasteiger partial charge in [-0.05, 0) is 38.7 Å². The van der Waals surface area contributed by atoms with Gasteiger partial charge in [-0.2, -0.15) is 0 Å². The van der Waals surface area contributed by atoms with Crippen LogP contribution in [-0.4, -0.2) is 41.2 Å². The lowest BCUT2D eigenvalue weighted by molar-refractivity contribution is -0.133. The number of allylic oxidation sites excluding steroid dienone is 1. The second-order valence-electron chi connectivity index (χ2n) is 8.67. The van der Waals surface area contributed by atoms with Crippen LogP contribution in [-0.2, 0) is 16.1 Å². The van der Waals surface area contributed by atoms with Crippen LogP contribution < -0.4 is 0 Å². The van der Waals surface area contributed by atoms with Crippen LogP contribution in [0.4, 0.5) is 0 Å². The van der Waals surface area contributed by atoms with E-state index in [0.717, 1.165) is 43.5 Å². The van der Waals surface area contributed by atoms with E-state index in [2.05, 4.69) is 32.1 Å². The lowest BCUT2D eigenvalue weighted by Gasteiger charge is -2.26. The minimum absolute atomic E-state index is 0.123. The first-order chi connectivity index (χ1) is 14.3.